The number of aryl methyl sites for hydroxylation is 2. The van der Waals surface area contributed by atoms with Crippen molar-refractivity contribution >= 4 is 74.1 Å². The van der Waals surface area contributed by atoms with Crippen molar-refractivity contribution in [2.24, 2.45) is 79.2 Å². The summed E-state index contributed by atoms with van der Waals surface area (Å²) in [6.45, 7) is 22.4. The maximum absolute atomic E-state index is 12.7. The number of halogens is 1. The van der Waals surface area contributed by atoms with E-state index in [-0.39, 0.29) is 28.5 Å². The van der Waals surface area contributed by atoms with Gasteiger partial charge in [0.1, 0.15) is 11.3 Å². The summed E-state index contributed by atoms with van der Waals surface area (Å²) in [6, 6.07) is 12.7. The molecular formula is C56H76BBrN28O3S. The van der Waals surface area contributed by atoms with Crippen molar-refractivity contribution < 1.29 is 13.5 Å². The average Bonchev–Trinajstić information content (AvgIpc) is 1.56. The molecule has 5 aliphatic rings. The molecule has 13 rings (SSSR count). The summed E-state index contributed by atoms with van der Waals surface area (Å²) < 4.78 is 37.3. The second-order valence-corrected chi connectivity index (χ2v) is 27.7. The Labute approximate surface area is 531 Å². The van der Waals surface area contributed by atoms with Crippen LogP contribution in [0, 0.1) is 35.7 Å². The first-order chi connectivity index (χ1) is 43.2. The minimum Gasteiger partial charge on any atom is -0.398 e. The fourth-order valence-corrected chi connectivity index (χ4v) is 13.9. The van der Waals surface area contributed by atoms with Gasteiger partial charge in [-0.15, -0.1) is 0 Å². The lowest BCUT2D eigenvalue weighted by atomic mass is 9.74. The normalized spacial score (nSPS) is 20.8. The van der Waals surface area contributed by atoms with Gasteiger partial charge in [0, 0.05) is 81.6 Å². The number of rotatable bonds is 12. The molecule has 3 saturated heterocycles. The minimum absolute atomic E-state index is 0.226. The van der Waals surface area contributed by atoms with Crippen molar-refractivity contribution in [1.82, 2.24) is 52.2 Å². The summed E-state index contributed by atoms with van der Waals surface area (Å²) in [6.07, 6.45) is 27.3. The first kappa shape index (κ1) is 64.9. The molecule has 5 N–H and O–H groups in total. The topological polar surface area (TPSA) is 371 Å². The Hall–Kier alpha value is -8.05. The number of nitrogens with one attached hydrogen (secondary N) is 3. The van der Waals surface area contributed by atoms with E-state index in [4.69, 9.17) is 41.1 Å². The fourth-order valence-electron chi connectivity index (χ4n) is 12.6. The minimum atomic E-state index is -1.01. The summed E-state index contributed by atoms with van der Waals surface area (Å²) >= 11 is 3.61. The van der Waals surface area contributed by atoms with Crippen LogP contribution in [0.15, 0.2) is 153 Å². The number of nitrogens with zero attached hydrogens (tertiary/aromatic N) is 24. The van der Waals surface area contributed by atoms with Gasteiger partial charge in [0.05, 0.1) is 65.8 Å². The fraction of sp³-hybridized carbons (Fsp3) is 0.536. The van der Waals surface area contributed by atoms with Crippen LogP contribution < -0.4 is 25.8 Å². The smallest absolute Gasteiger partial charge is 0.398 e. The van der Waals surface area contributed by atoms with Gasteiger partial charge in [-0.2, -0.15) is 11.1 Å². The van der Waals surface area contributed by atoms with Crippen molar-refractivity contribution in [2.75, 3.05) is 36.0 Å². The Kier molecular flexibility index (Phi) is 19.9. The average molecular weight is 1310 g/mol. The highest BCUT2D eigenvalue weighted by Gasteiger charge is 2.53. The van der Waals surface area contributed by atoms with Crippen molar-refractivity contribution in [3.63, 3.8) is 0 Å². The van der Waals surface area contributed by atoms with Crippen LogP contribution in [0.25, 0.3) is 33.8 Å². The van der Waals surface area contributed by atoms with Gasteiger partial charge in [0.15, 0.2) is 11.3 Å². The van der Waals surface area contributed by atoms with E-state index < -0.39 is 11.0 Å². The molecule has 0 amide bonds. The van der Waals surface area contributed by atoms with Gasteiger partial charge in [0.2, 0.25) is 11.9 Å². The van der Waals surface area contributed by atoms with E-state index in [1.807, 2.05) is 118 Å². The van der Waals surface area contributed by atoms with Crippen LogP contribution in [0.2, 0.25) is 0 Å². The van der Waals surface area contributed by atoms with Crippen molar-refractivity contribution in [3.05, 3.63) is 102 Å². The number of fused-ring (bicyclic) bond motifs is 4. The first-order valence-electron chi connectivity index (χ1n) is 29.9. The molecule has 90 heavy (non-hydrogen) atoms. The summed E-state index contributed by atoms with van der Waals surface area (Å²) in [7, 11) is -1.38. The molecule has 2 saturated carbocycles. The molecule has 474 valence electrons. The Morgan fingerprint density at radius 3 is 1.68 bits per heavy atom. The number of anilines is 2. The molecule has 8 aromatic rings. The highest BCUT2D eigenvalue weighted by Crippen LogP contribution is 2.48. The molecule has 31 nitrogen and oxygen atoms in total. The summed E-state index contributed by atoms with van der Waals surface area (Å²) in [5.74, 6) is 1.96. The number of hydrogen-bond acceptors (Lipinski definition) is 14. The summed E-state index contributed by atoms with van der Waals surface area (Å²) in [5.41, 5.74) is 27.3. The molecule has 0 aromatic carbocycles. The zero-order chi connectivity index (χ0) is 63.8. The van der Waals surface area contributed by atoms with Crippen LogP contribution in [0.1, 0.15) is 124 Å². The molecule has 5 fully saturated rings. The van der Waals surface area contributed by atoms with Gasteiger partial charge < -0.3 is 29.2 Å². The molecule has 8 aromatic heterocycles. The van der Waals surface area contributed by atoms with Crippen molar-refractivity contribution in [1.29, 1.82) is 11.1 Å². The predicted octanol–water partition coefficient (Wildman–Crippen LogP) is 11.9. The lowest BCUT2D eigenvalue weighted by Gasteiger charge is -2.44. The Balaban J connectivity index is 0.000000138. The van der Waals surface area contributed by atoms with Gasteiger partial charge in [-0.1, -0.05) is 25.0 Å². The summed E-state index contributed by atoms with van der Waals surface area (Å²) in [4.78, 5) is 32.8. The molecule has 2 aliphatic carbocycles. The number of imidazole rings is 4. The number of aromatic nitrogens is 10. The molecule has 0 unspecified atom stereocenters. The van der Waals surface area contributed by atoms with E-state index in [0.29, 0.717) is 17.5 Å². The van der Waals surface area contributed by atoms with Gasteiger partial charge in [-0.3, -0.25) is 13.2 Å². The highest BCUT2D eigenvalue weighted by molar-refractivity contribution is 9.10. The van der Waals surface area contributed by atoms with Crippen LogP contribution in [-0.2, 0) is 20.3 Å². The Morgan fingerprint density at radius 2 is 1.12 bits per heavy atom. The molecule has 3 aliphatic heterocycles. The second kappa shape index (κ2) is 27.6. The van der Waals surface area contributed by atoms with Crippen LogP contribution >= 0.6 is 15.9 Å². The Morgan fingerprint density at radius 1 is 0.633 bits per heavy atom. The second-order valence-electron chi connectivity index (χ2n) is 24.9. The highest BCUT2D eigenvalue weighted by atomic mass is 79.9. The van der Waals surface area contributed by atoms with Gasteiger partial charge in [-0.05, 0) is 227 Å². The molecule has 0 bridgehead atoms. The molecule has 2 spiro atoms. The van der Waals surface area contributed by atoms with Crippen LogP contribution in [-0.4, -0.2) is 113 Å². The van der Waals surface area contributed by atoms with E-state index in [0.717, 1.165) is 125 Å². The third kappa shape index (κ3) is 13.8. The van der Waals surface area contributed by atoms with Gasteiger partial charge in [0.25, 0.3) is 0 Å². The largest absolute Gasteiger partial charge is 0.514 e. The third-order valence-corrected chi connectivity index (χ3v) is 20.7. The molecule has 11 heterocycles. The molecule has 0 radical (unpaired) electrons. The first-order valence-corrected chi connectivity index (χ1v) is 31.8. The molecule has 3 atom stereocenters. The monoisotopic (exact) mass is 1310 g/mol. The van der Waals surface area contributed by atoms with Crippen LogP contribution in [0.5, 0.6) is 0 Å². The van der Waals surface area contributed by atoms with E-state index >= 15 is 0 Å². The number of pyridine rings is 2. The van der Waals surface area contributed by atoms with Crippen LogP contribution in [0.4, 0.5) is 11.9 Å². The molecular weight excluding hydrogens is 1240 g/mol. The predicted molar refractivity (Wildman–Crippen MR) is 341 cm³/mol. The van der Waals surface area contributed by atoms with Gasteiger partial charge >= 0.3 is 7.12 Å². The van der Waals surface area contributed by atoms with E-state index in [1.165, 1.54) is 32.1 Å². The van der Waals surface area contributed by atoms with E-state index in [1.54, 1.807) is 0 Å². The van der Waals surface area contributed by atoms with E-state index in [9.17, 15) is 4.21 Å². The molecule has 34 heteroatoms. The van der Waals surface area contributed by atoms with Crippen LogP contribution in [0.3, 0.4) is 0 Å². The van der Waals surface area contributed by atoms with Crippen molar-refractivity contribution in [3.8, 4) is 11.3 Å². The summed E-state index contributed by atoms with van der Waals surface area (Å²) in [5, 5.41) is 33.7. The van der Waals surface area contributed by atoms with Gasteiger partial charge in [-0.25, -0.2) is 38.8 Å². The maximum Gasteiger partial charge on any atom is 0.514 e. The number of nitrogens with two attached hydrogens (primary N) is 1. The lowest BCUT2D eigenvalue weighted by Crippen LogP contribution is -2.51. The zero-order valence-electron chi connectivity index (χ0n) is 52.0. The van der Waals surface area contributed by atoms with Crippen molar-refractivity contribution in [2.45, 2.75) is 155 Å². The SMILES string of the molecule is CC1(C)OB(c2cnc3ccccn23)OC1(C)C.Cc1nc(N2CCC3(CCC[C@H]3N)CC2)n2ccnc2c1-c1cnc2ccccn12.Cc1nc(N2CCC3(CCC[C@H]3N[S@](=O)C(C)(C)C)CC2)n2ccnc2c1Br.N=N/N=N/N=N/N=N/N=N/N=N/N=N. The maximum atomic E-state index is 12.7. The number of piperidine rings is 2. The standard InChI is InChI=1S/C23H27N7.C20H30BrN5OS.C13H17BN2O2.H2N14/c1-16-20(17-15-26-19-6-2-3-11-29(17)19)21-25-10-14-30(21)22(27-16)28-12-8-23(9-13-28)7-4-5-18(23)24;1-14-16(21)17-22-10-13-26(17)18(23-14)25-11-8-20(9-12-25)7-5-6-15(20)24-28(27)19(2,3)4;1-12(2)13(3,4)18-14(17-12)10-9-15-11-7-5-6-8-16(10)11;1-3-5-7-9-11-13-14-12-10-8-6-4-2/h2-3,6,10-11,14-15,18H,4-5,7-9,12-13,24H2,1H3;10,13,15,24H,5-9,11-12H2,1-4H3;5-9H,1-4H3;1-2H/b;;;3-1?,4-2?,7-5+,8-6+,11-9+,12-10+,14-13+/t18-;15-,28-;;/m11../s1. The number of hydrogen-bond donors (Lipinski definition) is 4. The third-order valence-electron chi connectivity index (χ3n) is 18.2. The van der Waals surface area contributed by atoms with E-state index in [2.05, 4.69) is 156 Å². The lowest BCUT2D eigenvalue weighted by molar-refractivity contribution is 0.00578. The zero-order valence-corrected chi connectivity index (χ0v) is 54.4. The quantitative estimate of drug-likeness (QED) is 0.0504. The Bertz CT molecular complexity index is 3960.